The fourth-order valence-corrected chi connectivity index (χ4v) is 4.40. The number of carbonyl (C=O) groups excluding carboxylic acids is 2. The Morgan fingerprint density at radius 2 is 1.81 bits per heavy atom. The first-order chi connectivity index (χ1) is 17.6. The summed E-state index contributed by atoms with van der Waals surface area (Å²) >= 11 is 0. The number of aliphatic hydroxyl groups excluding tert-OH is 2. The number of nitrogens with one attached hydrogen (secondary N) is 4. The minimum Gasteiger partial charge on any atom is -0.395 e. The first-order valence-electron chi connectivity index (χ1n) is 11.8. The maximum Gasteiger partial charge on any atom is 0.333 e. The lowest BCUT2D eigenvalue weighted by Gasteiger charge is -2.27. The number of aliphatic hydroxyl groups is 2. The number of fused-ring (bicyclic) bond motifs is 3. The van der Waals surface area contributed by atoms with Gasteiger partial charge in [-0.25, -0.2) is 9.80 Å². The molecule has 1 saturated heterocycles. The predicted octanol–water partition coefficient (Wildman–Crippen LogP) is 1.52. The summed E-state index contributed by atoms with van der Waals surface area (Å²) in [6.07, 6.45) is 0. The summed E-state index contributed by atoms with van der Waals surface area (Å²) < 4.78 is 5.30. The highest BCUT2D eigenvalue weighted by Crippen LogP contribution is 2.42. The van der Waals surface area contributed by atoms with Crippen molar-refractivity contribution in [1.29, 1.82) is 0 Å². The van der Waals surface area contributed by atoms with E-state index in [1.165, 1.54) is 0 Å². The molecule has 1 aliphatic heterocycles. The van der Waals surface area contributed by atoms with Gasteiger partial charge in [-0.2, -0.15) is 5.10 Å². The van der Waals surface area contributed by atoms with E-state index in [0.717, 1.165) is 11.1 Å². The molecule has 3 aromatic rings. The molecule has 37 heavy (non-hydrogen) atoms. The maximum absolute atomic E-state index is 13.5. The van der Waals surface area contributed by atoms with Crippen LogP contribution in [0.3, 0.4) is 0 Å². The van der Waals surface area contributed by atoms with E-state index in [1.54, 1.807) is 17.1 Å². The Bertz CT molecular complexity index is 1250. The van der Waals surface area contributed by atoms with Crippen molar-refractivity contribution in [3.8, 4) is 22.5 Å². The molecule has 6 N–H and O–H groups in total. The predicted molar refractivity (Wildman–Crippen MR) is 139 cm³/mol. The number of rotatable bonds is 8. The van der Waals surface area contributed by atoms with Crippen LogP contribution in [-0.2, 0) is 11.3 Å². The van der Waals surface area contributed by atoms with Gasteiger partial charge in [0.2, 0.25) is 0 Å². The normalized spacial score (nSPS) is 14.7. The van der Waals surface area contributed by atoms with Crippen LogP contribution in [0.1, 0.15) is 21.5 Å². The number of morpholine rings is 1. The lowest BCUT2D eigenvalue weighted by atomic mass is 10.0. The second kappa shape index (κ2) is 11.8. The molecule has 0 atom stereocenters. The Labute approximate surface area is 219 Å². The van der Waals surface area contributed by atoms with Crippen LogP contribution in [0, 0.1) is 0 Å². The molecule has 1 aliphatic carbocycles. The Balaban J connectivity index is 0.00000320. The largest absolute Gasteiger partial charge is 0.395 e. The maximum atomic E-state index is 13.5. The molecule has 0 radical (unpaired) electrons. The van der Waals surface area contributed by atoms with E-state index >= 15 is 0 Å². The third-order valence-electron chi connectivity index (χ3n) is 6.34. The van der Waals surface area contributed by atoms with Gasteiger partial charge in [-0.15, -0.1) is 12.4 Å². The fourth-order valence-electron chi connectivity index (χ4n) is 4.40. The van der Waals surface area contributed by atoms with Crippen LogP contribution in [0.5, 0.6) is 0 Å². The topological polar surface area (TPSA) is 152 Å². The van der Waals surface area contributed by atoms with Crippen LogP contribution < -0.4 is 16.1 Å². The molecule has 2 aromatic carbocycles. The summed E-state index contributed by atoms with van der Waals surface area (Å²) in [6, 6.07) is 12.1. The lowest BCUT2D eigenvalue weighted by Crippen LogP contribution is -2.49. The fraction of sp³-hybridized carbons (Fsp3) is 0.320. The van der Waals surface area contributed by atoms with Gasteiger partial charge in [0.1, 0.15) is 5.69 Å². The number of hydrogen-bond donors (Lipinski definition) is 6. The van der Waals surface area contributed by atoms with E-state index in [1.807, 2.05) is 30.3 Å². The SMILES string of the molecule is Cl.O=C(Nc1cccc2c1C(=O)c1c(-c3ccc(CNC(CO)CO)cc3)n[nH]c1-2)NN1CCOCC1. The van der Waals surface area contributed by atoms with Crippen molar-refractivity contribution < 1.29 is 24.5 Å². The highest BCUT2D eigenvalue weighted by Gasteiger charge is 2.35. The summed E-state index contributed by atoms with van der Waals surface area (Å²) in [6.45, 7) is 2.47. The zero-order valence-electron chi connectivity index (χ0n) is 20.0. The average molecular weight is 529 g/mol. The molecule has 1 aromatic heterocycles. The number of benzene rings is 2. The standard InChI is InChI=1S/C25H28N6O5.ClH/c32-13-17(14-33)26-12-15-4-6-16(7-5-15)22-21-23(29-28-22)18-2-1-3-19(20(18)24(21)34)27-25(35)30-31-8-10-36-11-9-31;/h1-7,17,26,32-33H,8-14H2,(H,28,29)(H2,27,30,35);1H. The number of halogens is 1. The number of ether oxygens (including phenoxy) is 1. The second-order valence-electron chi connectivity index (χ2n) is 8.68. The number of ketones is 1. The molecule has 11 nitrogen and oxygen atoms in total. The van der Waals surface area contributed by atoms with Crippen LogP contribution in [0.4, 0.5) is 10.5 Å². The number of carbonyl (C=O) groups is 2. The zero-order chi connectivity index (χ0) is 25.1. The van der Waals surface area contributed by atoms with Gasteiger partial charge < -0.3 is 25.6 Å². The van der Waals surface area contributed by atoms with E-state index < -0.39 is 6.03 Å². The zero-order valence-corrected chi connectivity index (χ0v) is 20.8. The van der Waals surface area contributed by atoms with Crippen molar-refractivity contribution in [1.82, 2.24) is 25.9 Å². The summed E-state index contributed by atoms with van der Waals surface area (Å²) in [5, 5.41) is 33.5. The summed E-state index contributed by atoms with van der Waals surface area (Å²) in [7, 11) is 0. The molecule has 0 unspecified atom stereocenters. The third kappa shape index (κ3) is 5.52. The Hall–Kier alpha value is -3.32. The number of nitrogens with zero attached hydrogens (tertiary/aromatic N) is 2. The van der Waals surface area contributed by atoms with Crippen LogP contribution in [0.25, 0.3) is 22.5 Å². The number of amides is 2. The van der Waals surface area contributed by atoms with Gasteiger partial charge in [0.15, 0.2) is 5.78 Å². The molecular formula is C25H29ClN6O5. The minimum atomic E-state index is -0.416. The van der Waals surface area contributed by atoms with Gasteiger partial charge in [0.05, 0.1) is 55.0 Å². The van der Waals surface area contributed by atoms with E-state index in [4.69, 9.17) is 4.74 Å². The molecule has 2 aliphatic rings. The van der Waals surface area contributed by atoms with Crippen LogP contribution >= 0.6 is 12.4 Å². The number of hydrogen-bond acceptors (Lipinski definition) is 8. The van der Waals surface area contributed by atoms with Crippen molar-refractivity contribution in [3.05, 3.63) is 59.2 Å². The molecular weight excluding hydrogens is 500 g/mol. The van der Waals surface area contributed by atoms with Gasteiger partial charge in [-0.05, 0) is 11.6 Å². The molecule has 196 valence electrons. The molecule has 0 saturated carbocycles. The van der Waals surface area contributed by atoms with E-state index in [2.05, 4.69) is 26.3 Å². The van der Waals surface area contributed by atoms with Gasteiger partial charge in [0.25, 0.3) is 0 Å². The van der Waals surface area contributed by atoms with E-state index in [9.17, 15) is 19.8 Å². The van der Waals surface area contributed by atoms with Crippen molar-refractivity contribution >= 4 is 29.9 Å². The molecule has 2 heterocycles. The van der Waals surface area contributed by atoms with Gasteiger partial charge >= 0.3 is 6.03 Å². The van der Waals surface area contributed by atoms with Gasteiger partial charge in [-0.1, -0.05) is 36.4 Å². The summed E-state index contributed by atoms with van der Waals surface area (Å²) in [4.78, 5) is 26.1. The highest BCUT2D eigenvalue weighted by atomic mass is 35.5. The molecule has 0 spiro atoms. The number of aromatic amines is 1. The number of hydrazine groups is 1. The first-order valence-corrected chi connectivity index (χ1v) is 11.8. The third-order valence-corrected chi connectivity index (χ3v) is 6.34. The van der Waals surface area contributed by atoms with E-state index in [0.29, 0.717) is 66.6 Å². The number of H-pyrrole nitrogens is 1. The lowest BCUT2D eigenvalue weighted by molar-refractivity contribution is 0.0207. The Morgan fingerprint density at radius 1 is 1.08 bits per heavy atom. The van der Waals surface area contributed by atoms with Crippen LogP contribution in [0.2, 0.25) is 0 Å². The minimum absolute atomic E-state index is 0. The second-order valence-corrected chi connectivity index (χ2v) is 8.68. The van der Waals surface area contributed by atoms with Gasteiger partial charge in [-0.3, -0.25) is 15.3 Å². The number of urea groups is 1. The smallest absolute Gasteiger partial charge is 0.333 e. The summed E-state index contributed by atoms with van der Waals surface area (Å²) in [5.74, 6) is -0.203. The Kier molecular flexibility index (Phi) is 8.54. The van der Waals surface area contributed by atoms with Crippen molar-refractivity contribution in [3.63, 3.8) is 0 Å². The molecule has 12 heteroatoms. The van der Waals surface area contributed by atoms with Crippen LogP contribution in [0.15, 0.2) is 42.5 Å². The number of anilines is 1. The monoisotopic (exact) mass is 528 g/mol. The molecule has 5 rings (SSSR count). The molecule has 2 amide bonds. The number of aromatic nitrogens is 2. The highest BCUT2D eigenvalue weighted by molar-refractivity contribution is 6.26. The first kappa shape index (κ1) is 26.7. The summed E-state index contributed by atoms with van der Waals surface area (Å²) in [5.41, 5.74) is 7.73. The van der Waals surface area contributed by atoms with E-state index in [-0.39, 0.29) is 37.4 Å². The average Bonchev–Trinajstić information content (AvgIpc) is 3.46. The molecule has 1 fully saturated rings. The van der Waals surface area contributed by atoms with Crippen molar-refractivity contribution in [2.45, 2.75) is 12.6 Å². The Morgan fingerprint density at radius 3 is 2.51 bits per heavy atom. The van der Waals surface area contributed by atoms with Crippen molar-refractivity contribution in [2.75, 3.05) is 44.8 Å². The van der Waals surface area contributed by atoms with Crippen molar-refractivity contribution in [2.24, 2.45) is 0 Å². The van der Waals surface area contributed by atoms with Gasteiger partial charge in [0, 0.05) is 30.8 Å². The molecule has 0 bridgehead atoms. The van der Waals surface area contributed by atoms with Crippen LogP contribution in [-0.4, -0.2) is 82.8 Å². The quantitative estimate of drug-likeness (QED) is 0.201.